The first-order chi connectivity index (χ1) is 10.5. The van der Waals surface area contributed by atoms with E-state index in [1.165, 1.54) is 6.42 Å². The van der Waals surface area contributed by atoms with Gasteiger partial charge in [0.15, 0.2) is 5.11 Å². The number of benzene rings is 1. The molecule has 1 heterocycles. The molecule has 1 saturated heterocycles. The Morgan fingerprint density at radius 1 is 1.32 bits per heavy atom. The summed E-state index contributed by atoms with van der Waals surface area (Å²) >= 11 is 5.54. The maximum Gasteiger partial charge on any atom is 0.340 e. The predicted molar refractivity (Wildman–Crippen MR) is 93.1 cm³/mol. The molecule has 1 aromatic rings. The Kier molecular flexibility index (Phi) is 5.77. The van der Waals surface area contributed by atoms with E-state index >= 15 is 0 Å². The van der Waals surface area contributed by atoms with Crippen LogP contribution in [0.1, 0.15) is 37.6 Å². The van der Waals surface area contributed by atoms with E-state index in [9.17, 15) is 4.79 Å². The topological polar surface area (TPSA) is 41.6 Å². The molecule has 0 aromatic heterocycles. The average Bonchev–Trinajstić information content (AvgIpc) is 2.47. The van der Waals surface area contributed by atoms with Crippen molar-refractivity contribution < 1.29 is 9.53 Å². The van der Waals surface area contributed by atoms with Gasteiger partial charge in [0.25, 0.3) is 0 Å². The van der Waals surface area contributed by atoms with Crippen LogP contribution >= 0.6 is 12.2 Å². The molecule has 22 heavy (non-hydrogen) atoms. The smallest absolute Gasteiger partial charge is 0.340 e. The molecular formula is C17H24N2O2S. The third-order valence-electron chi connectivity index (χ3n) is 3.82. The summed E-state index contributed by atoms with van der Waals surface area (Å²) in [5.41, 5.74) is 1.22. The lowest BCUT2D eigenvalue weighted by atomic mass is 9.92. The number of ether oxygens (including phenoxy) is 1. The van der Waals surface area contributed by atoms with Crippen molar-refractivity contribution in [2.75, 3.05) is 25.0 Å². The summed E-state index contributed by atoms with van der Waals surface area (Å²) in [6, 6.07) is 7.32. The molecule has 0 aliphatic carbocycles. The highest BCUT2D eigenvalue weighted by atomic mass is 32.1. The van der Waals surface area contributed by atoms with Crippen molar-refractivity contribution in [3.63, 3.8) is 0 Å². The molecular weight excluding hydrogens is 296 g/mol. The van der Waals surface area contributed by atoms with Crippen LogP contribution in [0.2, 0.25) is 0 Å². The molecule has 0 bridgehead atoms. The van der Waals surface area contributed by atoms with E-state index in [1.54, 1.807) is 13.0 Å². The van der Waals surface area contributed by atoms with E-state index in [0.717, 1.165) is 13.1 Å². The number of carbonyl (C=O) groups is 1. The molecule has 0 unspecified atom stereocenters. The van der Waals surface area contributed by atoms with Gasteiger partial charge in [0.05, 0.1) is 17.9 Å². The minimum absolute atomic E-state index is 0.325. The Hall–Kier alpha value is -1.62. The lowest BCUT2D eigenvalue weighted by Crippen LogP contribution is -2.44. The highest BCUT2D eigenvalue weighted by Crippen LogP contribution is 2.23. The summed E-state index contributed by atoms with van der Waals surface area (Å²) in [6.45, 7) is 8.57. The standard InChI is InChI=1S/C17H24N2O2S/c1-4-21-16(20)14-7-5-6-8-15(14)18-17(22)19-10-12(2)9-13(3)11-19/h5-8,12-13H,4,9-11H2,1-3H3,(H,18,22)/t12-,13-/m0/s1. The minimum atomic E-state index is -0.325. The van der Waals surface area contributed by atoms with Crippen LogP contribution in [0.3, 0.4) is 0 Å². The molecule has 0 amide bonds. The number of hydrogen-bond acceptors (Lipinski definition) is 3. The zero-order valence-electron chi connectivity index (χ0n) is 13.5. The van der Waals surface area contributed by atoms with Gasteiger partial charge in [-0.15, -0.1) is 0 Å². The second-order valence-electron chi connectivity index (χ2n) is 6.05. The highest BCUT2D eigenvalue weighted by molar-refractivity contribution is 7.80. The zero-order valence-corrected chi connectivity index (χ0v) is 14.3. The first-order valence-corrected chi connectivity index (χ1v) is 8.24. The largest absolute Gasteiger partial charge is 0.462 e. The van der Waals surface area contributed by atoms with Crippen LogP contribution in [0.4, 0.5) is 5.69 Å². The van der Waals surface area contributed by atoms with Gasteiger partial charge in [0.2, 0.25) is 0 Å². The Balaban J connectivity index is 2.10. The number of anilines is 1. The third-order valence-corrected chi connectivity index (χ3v) is 4.18. The van der Waals surface area contributed by atoms with Gasteiger partial charge in [-0.1, -0.05) is 26.0 Å². The minimum Gasteiger partial charge on any atom is -0.462 e. The lowest BCUT2D eigenvalue weighted by molar-refractivity contribution is 0.0527. The number of likely N-dealkylation sites (tertiary alicyclic amines) is 1. The molecule has 1 fully saturated rings. The van der Waals surface area contributed by atoms with Crippen LogP contribution in [0, 0.1) is 11.8 Å². The average molecular weight is 320 g/mol. The van der Waals surface area contributed by atoms with Crippen LogP contribution in [-0.2, 0) is 4.74 Å². The molecule has 0 spiro atoms. The molecule has 1 aliphatic rings. The molecule has 5 heteroatoms. The van der Waals surface area contributed by atoms with Crippen molar-refractivity contribution in [3.05, 3.63) is 29.8 Å². The number of esters is 1. The van der Waals surface area contributed by atoms with E-state index in [0.29, 0.717) is 34.8 Å². The van der Waals surface area contributed by atoms with Gasteiger partial charge in [-0.2, -0.15) is 0 Å². The maximum atomic E-state index is 12.0. The number of carbonyl (C=O) groups excluding carboxylic acids is 1. The van der Waals surface area contributed by atoms with Crippen molar-refractivity contribution in [1.29, 1.82) is 0 Å². The SMILES string of the molecule is CCOC(=O)c1ccccc1NC(=S)N1C[C@@H](C)C[C@H](C)C1. The molecule has 1 N–H and O–H groups in total. The Bertz CT molecular complexity index is 537. The van der Waals surface area contributed by atoms with Crippen molar-refractivity contribution >= 4 is 29.0 Å². The van der Waals surface area contributed by atoms with Crippen LogP contribution in [-0.4, -0.2) is 35.7 Å². The van der Waals surface area contributed by atoms with E-state index in [1.807, 2.05) is 18.2 Å². The zero-order chi connectivity index (χ0) is 16.1. The van der Waals surface area contributed by atoms with Gasteiger partial charge in [-0.05, 0) is 49.5 Å². The van der Waals surface area contributed by atoms with Crippen molar-refractivity contribution in [1.82, 2.24) is 4.90 Å². The highest BCUT2D eigenvalue weighted by Gasteiger charge is 2.24. The number of thiocarbonyl (C=S) groups is 1. The van der Waals surface area contributed by atoms with Crippen molar-refractivity contribution in [2.24, 2.45) is 11.8 Å². The van der Waals surface area contributed by atoms with Gasteiger partial charge >= 0.3 is 5.97 Å². The van der Waals surface area contributed by atoms with Gasteiger partial charge in [0, 0.05) is 13.1 Å². The lowest BCUT2D eigenvalue weighted by Gasteiger charge is -2.36. The van der Waals surface area contributed by atoms with Crippen LogP contribution in [0.15, 0.2) is 24.3 Å². The van der Waals surface area contributed by atoms with E-state index in [-0.39, 0.29) is 5.97 Å². The van der Waals surface area contributed by atoms with Crippen LogP contribution in [0.5, 0.6) is 0 Å². The molecule has 1 aliphatic heterocycles. The van der Waals surface area contributed by atoms with Crippen LogP contribution in [0.25, 0.3) is 0 Å². The number of hydrogen-bond donors (Lipinski definition) is 1. The van der Waals surface area contributed by atoms with E-state index < -0.39 is 0 Å². The summed E-state index contributed by atoms with van der Waals surface area (Å²) in [6.07, 6.45) is 1.23. The number of nitrogens with one attached hydrogen (secondary N) is 1. The van der Waals surface area contributed by atoms with Gasteiger partial charge < -0.3 is 15.0 Å². The predicted octanol–water partition coefficient (Wildman–Crippen LogP) is 3.54. The Morgan fingerprint density at radius 3 is 2.59 bits per heavy atom. The van der Waals surface area contributed by atoms with E-state index in [2.05, 4.69) is 24.1 Å². The maximum absolute atomic E-state index is 12.0. The molecule has 4 nitrogen and oxygen atoms in total. The first kappa shape index (κ1) is 16.7. The van der Waals surface area contributed by atoms with Gasteiger partial charge in [0.1, 0.15) is 0 Å². The number of para-hydroxylation sites is 1. The summed E-state index contributed by atoms with van der Waals surface area (Å²) in [7, 11) is 0. The normalized spacial score (nSPS) is 21.3. The summed E-state index contributed by atoms with van der Waals surface area (Å²) in [5.74, 6) is 0.932. The second-order valence-corrected chi connectivity index (χ2v) is 6.43. The molecule has 2 rings (SSSR count). The molecule has 2 atom stereocenters. The Labute approximate surface area is 137 Å². The monoisotopic (exact) mass is 320 g/mol. The summed E-state index contributed by atoms with van der Waals surface area (Å²) in [5, 5.41) is 3.89. The summed E-state index contributed by atoms with van der Waals surface area (Å²) in [4.78, 5) is 14.2. The van der Waals surface area contributed by atoms with Gasteiger partial charge in [-0.3, -0.25) is 0 Å². The van der Waals surface area contributed by atoms with Crippen molar-refractivity contribution in [2.45, 2.75) is 27.2 Å². The Morgan fingerprint density at radius 2 is 1.95 bits per heavy atom. The molecule has 0 radical (unpaired) electrons. The first-order valence-electron chi connectivity index (χ1n) is 7.83. The molecule has 0 saturated carbocycles. The van der Waals surface area contributed by atoms with E-state index in [4.69, 9.17) is 17.0 Å². The number of piperidine rings is 1. The number of rotatable bonds is 3. The third kappa shape index (κ3) is 4.19. The van der Waals surface area contributed by atoms with Gasteiger partial charge in [-0.25, -0.2) is 4.79 Å². The van der Waals surface area contributed by atoms with Crippen molar-refractivity contribution in [3.8, 4) is 0 Å². The summed E-state index contributed by atoms with van der Waals surface area (Å²) < 4.78 is 5.09. The fourth-order valence-electron chi connectivity index (χ4n) is 3.00. The quantitative estimate of drug-likeness (QED) is 0.681. The molecule has 1 aromatic carbocycles. The fourth-order valence-corrected chi connectivity index (χ4v) is 3.26. The molecule has 120 valence electrons. The fraction of sp³-hybridized carbons (Fsp3) is 0.529. The second kappa shape index (κ2) is 7.58. The van der Waals surface area contributed by atoms with Crippen LogP contribution < -0.4 is 5.32 Å². The number of nitrogens with zero attached hydrogens (tertiary/aromatic N) is 1.